The number of nitro benzene ring substituents is 1. The van der Waals surface area contributed by atoms with Crippen LogP contribution in [-0.2, 0) is 10.0 Å². The molecule has 0 saturated carbocycles. The van der Waals surface area contributed by atoms with Crippen LogP contribution in [0.5, 0.6) is 0 Å². The van der Waals surface area contributed by atoms with Gasteiger partial charge in [-0.2, -0.15) is 0 Å². The highest BCUT2D eigenvalue weighted by Crippen LogP contribution is 2.19. The van der Waals surface area contributed by atoms with E-state index in [0.717, 1.165) is 10.0 Å². The molecule has 0 N–H and O–H groups in total. The number of benzene rings is 1. The molecule has 6 nitrogen and oxygen atoms in total. The molecule has 0 aliphatic carbocycles. The zero-order chi connectivity index (χ0) is 12.5. The molecule has 2 aromatic rings. The molecule has 2 rings (SSSR count). The summed E-state index contributed by atoms with van der Waals surface area (Å²) in [4.78, 5) is 9.83. The van der Waals surface area contributed by atoms with E-state index in [2.05, 4.69) is 0 Å². The van der Waals surface area contributed by atoms with Crippen molar-refractivity contribution in [2.24, 2.45) is 0 Å². The number of aromatic nitrogens is 1. The van der Waals surface area contributed by atoms with Gasteiger partial charge < -0.3 is 0 Å². The van der Waals surface area contributed by atoms with Crippen molar-refractivity contribution < 1.29 is 13.3 Å². The molecular formula is C10H8N2O4S. The highest BCUT2D eigenvalue weighted by molar-refractivity contribution is 7.90. The van der Waals surface area contributed by atoms with Gasteiger partial charge in [0.2, 0.25) is 0 Å². The van der Waals surface area contributed by atoms with E-state index < -0.39 is 14.9 Å². The molecule has 0 saturated heterocycles. The Kier molecular flexibility index (Phi) is 2.68. The van der Waals surface area contributed by atoms with Crippen molar-refractivity contribution in [3.8, 4) is 0 Å². The predicted molar refractivity (Wildman–Crippen MR) is 60.1 cm³/mol. The molecule has 88 valence electrons. The first-order valence-corrected chi connectivity index (χ1v) is 6.09. The van der Waals surface area contributed by atoms with Crippen LogP contribution in [0.3, 0.4) is 0 Å². The van der Waals surface area contributed by atoms with Gasteiger partial charge in [0.15, 0.2) is 0 Å². The normalized spacial score (nSPS) is 11.3. The van der Waals surface area contributed by atoms with Crippen LogP contribution >= 0.6 is 0 Å². The third kappa shape index (κ3) is 2.04. The third-order valence-corrected chi connectivity index (χ3v) is 3.83. The van der Waals surface area contributed by atoms with Crippen molar-refractivity contribution in [2.45, 2.75) is 4.90 Å². The smallest absolute Gasteiger partial charge is 0.258 e. The highest BCUT2D eigenvalue weighted by Gasteiger charge is 2.18. The van der Waals surface area contributed by atoms with Gasteiger partial charge in [-0.05, 0) is 18.2 Å². The highest BCUT2D eigenvalue weighted by atomic mass is 32.2. The fourth-order valence-corrected chi connectivity index (χ4v) is 2.58. The minimum absolute atomic E-state index is 0.108. The van der Waals surface area contributed by atoms with Gasteiger partial charge in [0.1, 0.15) is 0 Å². The van der Waals surface area contributed by atoms with E-state index in [1.165, 1.54) is 30.6 Å². The maximum atomic E-state index is 12.0. The fraction of sp³-hybridized carbons (Fsp3) is 0. The molecule has 0 aliphatic heterocycles. The van der Waals surface area contributed by atoms with Gasteiger partial charge in [-0.25, -0.2) is 12.4 Å². The van der Waals surface area contributed by atoms with Gasteiger partial charge >= 0.3 is 0 Å². The first-order valence-electron chi connectivity index (χ1n) is 4.65. The zero-order valence-electron chi connectivity index (χ0n) is 8.55. The Morgan fingerprint density at radius 2 is 1.76 bits per heavy atom. The summed E-state index contributed by atoms with van der Waals surface area (Å²) in [6.07, 6.45) is 2.74. The summed E-state index contributed by atoms with van der Waals surface area (Å²) in [5.74, 6) is 0. The lowest BCUT2D eigenvalue weighted by Gasteiger charge is -2.04. The van der Waals surface area contributed by atoms with Crippen molar-refractivity contribution >= 4 is 15.7 Å². The molecule has 17 heavy (non-hydrogen) atoms. The van der Waals surface area contributed by atoms with E-state index >= 15 is 0 Å². The van der Waals surface area contributed by atoms with Crippen LogP contribution in [0.2, 0.25) is 0 Å². The van der Waals surface area contributed by atoms with Crippen LogP contribution in [0.4, 0.5) is 5.69 Å². The Labute approximate surface area is 97.3 Å². The van der Waals surface area contributed by atoms with Gasteiger partial charge in [0, 0.05) is 24.5 Å². The topological polar surface area (TPSA) is 82.2 Å². The monoisotopic (exact) mass is 252 g/mol. The van der Waals surface area contributed by atoms with Crippen LogP contribution in [0.1, 0.15) is 0 Å². The van der Waals surface area contributed by atoms with E-state index in [0.29, 0.717) is 0 Å². The molecule has 0 bridgehead atoms. The molecule has 0 amide bonds. The number of non-ortho nitro benzene ring substituents is 1. The van der Waals surface area contributed by atoms with Gasteiger partial charge in [-0.1, -0.05) is 6.07 Å². The number of rotatable bonds is 3. The van der Waals surface area contributed by atoms with Crippen molar-refractivity contribution in [1.29, 1.82) is 0 Å². The predicted octanol–water partition coefficient (Wildman–Crippen LogP) is 1.63. The summed E-state index contributed by atoms with van der Waals surface area (Å²) in [6, 6.07) is 8.07. The molecule has 0 unspecified atom stereocenters. The molecule has 0 radical (unpaired) electrons. The molecule has 1 aromatic carbocycles. The van der Waals surface area contributed by atoms with Crippen molar-refractivity contribution in [2.75, 3.05) is 0 Å². The summed E-state index contributed by atoms with van der Waals surface area (Å²) in [7, 11) is -3.74. The average Bonchev–Trinajstić information content (AvgIpc) is 2.83. The molecule has 7 heteroatoms. The quantitative estimate of drug-likeness (QED) is 0.614. The SMILES string of the molecule is O=[N+]([O-])c1cccc(S(=O)(=O)n2cccc2)c1. The van der Waals surface area contributed by atoms with Crippen LogP contribution < -0.4 is 0 Å². The third-order valence-electron chi connectivity index (χ3n) is 2.18. The maximum absolute atomic E-state index is 12.0. The number of nitrogens with zero attached hydrogens (tertiary/aromatic N) is 2. The molecule has 1 aromatic heterocycles. The van der Waals surface area contributed by atoms with E-state index in [4.69, 9.17) is 0 Å². The molecule has 0 atom stereocenters. The number of hydrogen-bond donors (Lipinski definition) is 0. The number of nitro groups is 1. The summed E-state index contributed by atoms with van der Waals surface area (Å²) in [5, 5.41) is 10.6. The Morgan fingerprint density at radius 3 is 2.35 bits per heavy atom. The van der Waals surface area contributed by atoms with Crippen molar-refractivity contribution in [3.05, 3.63) is 58.9 Å². The number of hydrogen-bond acceptors (Lipinski definition) is 4. The standard InChI is InChI=1S/C10H8N2O4S/c13-12(14)9-4-3-5-10(8-9)17(15,16)11-6-1-2-7-11/h1-8H. The largest absolute Gasteiger partial charge is 0.270 e. The van der Waals surface area contributed by atoms with Crippen LogP contribution in [0.25, 0.3) is 0 Å². The summed E-state index contributed by atoms with van der Waals surface area (Å²) in [5.41, 5.74) is -0.252. The van der Waals surface area contributed by atoms with Gasteiger partial charge in [0.05, 0.1) is 9.82 Å². The van der Waals surface area contributed by atoms with E-state index in [1.807, 2.05) is 0 Å². The Hall–Kier alpha value is -2.15. The lowest BCUT2D eigenvalue weighted by Crippen LogP contribution is -2.10. The van der Waals surface area contributed by atoms with Gasteiger partial charge in [-0.3, -0.25) is 10.1 Å². The minimum Gasteiger partial charge on any atom is -0.258 e. The Morgan fingerprint density at radius 1 is 1.12 bits per heavy atom. The van der Waals surface area contributed by atoms with E-state index in [1.54, 1.807) is 12.1 Å². The lowest BCUT2D eigenvalue weighted by atomic mass is 10.3. The van der Waals surface area contributed by atoms with Crippen LogP contribution in [-0.4, -0.2) is 17.3 Å². The second-order valence-electron chi connectivity index (χ2n) is 3.27. The first kappa shape index (κ1) is 11.3. The first-order chi connectivity index (χ1) is 8.01. The summed E-state index contributed by atoms with van der Waals surface area (Å²) >= 11 is 0. The van der Waals surface area contributed by atoms with Gasteiger partial charge in [-0.15, -0.1) is 0 Å². The summed E-state index contributed by atoms with van der Waals surface area (Å²) in [6.45, 7) is 0. The fourth-order valence-electron chi connectivity index (χ4n) is 1.36. The molecule has 1 heterocycles. The van der Waals surface area contributed by atoms with Crippen molar-refractivity contribution in [1.82, 2.24) is 3.97 Å². The van der Waals surface area contributed by atoms with Crippen LogP contribution in [0.15, 0.2) is 53.7 Å². The second-order valence-corrected chi connectivity index (χ2v) is 5.12. The maximum Gasteiger partial charge on any atom is 0.270 e. The molecule has 0 spiro atoms. The molecular weight excluding hydrogens is 244 g/mol. The Bertz CT molecular complexity index is 647. The second kappa shape index (κ2) is 4.02. The minimum atomic E-state index is -3.74. The van der Waals surface area contributed by atoms with Crippen LogP contribution in [0, 0.1) is 10.1 Å². The van der Waals surface area contributed by atoms with Gasteiger partial charge in [0.25, 0.3) is 15.7 Å². The summed E-state index contributed by atoms with van der Waals surface area (Å²) < 4.78 is 25.0. The molecule has 0 aliphatic rings. The van der Waals surface area contributed by atoms with E-state index in [-0.39, 0.29) is 10.6 Å². The zero-order valence-corrected chi connectivity index (χ0v) is 9.37. The molecule has 0 fully saturated rings. The van der Waals surface area contributed by atoms with E-state index in [9.17, 15) is 18.5 Å². The van der Waals surface area contributed by atoms with Crippen molar-refractivity contribution in [3.63, 3.8) is 0 Å². The Balaban J connectivity index is 2.55. The average molecular weight is 252 g/mol. The lowest BCUT2D eigenvalue weighted by molar-refractivity contribution is -0.385.